The number of benzene rings is 1. The van der Waals surface area contributed by atoms with E-state index in [0.29, 0.717) is 52.3 Å². The van der Waals surface area contributed by atoms with Crippen LogP contribution in [0.2, 0.25) is 0 Å². The molecule has 0 amide bonds. The van der Waals surface area contributed by atoms with Crippen molar-refractivity contribution in [3.05, 3.63) is 71.6 Å². The van der Waals surface area contributed by atoms with Gasteiger partial charge in [0.1, 0.15) is 23.7 Å². The van der Waals surface area contributed by atoms with Gasteiger partial charge in [0.25, 0.3) is 5.52 Å². The molecule has 0 aliphatic carbocycles. The monoisotopic (exact) mass is 524 g/mol. The number of aromatic amines is 1. The van der Waals surface area contributed by atoms with E-state index >= 15 is 0 Å². The molecule has 11 heteroatoms. The third-order valence-corrected chi connectivity index (χ3v) is 6.97. The zero-order chi connectivity index (χ0) is 27.5. The summed E-state index contributed by atoms with van der Waals surface area (Å²) in [6.07, 6.45) is 9.94. The fourth-order valence-electron chi connectivity index (χ4n) is 5.00. The molecule has 1 aliphatic rings. The number of hydrogen-bond donors (Lipinski definition) is 2. The van der Waals surface area contributed by atoms with Gasteiger partial charge in [-0.05, 0) is 44.2 Å². The molecule has 0 radical (unpaired) electrons. The molecular formula is C28H27FN9O+. The lowest BCUT2D eigenvalue weighted by Crippen LogP contribution is -2.33. The number of halogens is 1. The van der Waals surface area contributed by atoms with E-state index < -0.39 is 6.10 Å². The van der Waals surface area contributed by atoms with Gasteiger partial charge in [0.05, 0.1) is 23.5 Å². The molecule has 1 atom stereocenters. The number of hydrazone groups is 1. The Balaban J connectivity index is 1.52. The number of ether oxygens (including phenoxy) is 1. The minimum atomic E-state index is -0.481. The standard InChI is InChI=1S/C28H26FN9O/c1-17(35-23-5-7-37(16-31)8-6-23)27(36-32)20-10-26(28-21(11-30)13-34-38(28)15-20)39-18(2)25-14-33-12-19-9-22(29)3-4-24(19)25/h3-4,9-10,12-15,18,23H,5-8H2,1-2H3,(H2,32,35)/p+1. The number of H-pyrrole nitrogens is 1. The number of fused-ring (bicyclic) bond motifs is 2. The molecule has 0 saturated carbocycles. The predicted octanol–water partition coefficient (Wildman–Crippen LogP) is 3.52. The number of nitrogens with one attached hydrogen (secondary N) is 1. The number of nitrogens with two attached hydrogens (primary N) is 1. The van der Waals surface area contributed by atoms with E-state index in [1.54, 1.807) is 46.3 Å². The average molecular weight is 525 g/mol. The molecule has 4 aromatic rings. The van der Waals surface area contributed by atoms with Crippen molar-refractivity contribution in [3.8, 4) is 18.0 Å². The molecule has 0 spiro atoms. The van der Waals surface area contributed by atoms with E-state index in [1.165, 1.54) is 12.1 Å². The third-order valence-electron chi connectivity index (χ3n) is 6.97. The first kappa shape index (κ1) is 25.6. The summed E-state index contributed by atoms with van der Waals surface area (Å²) >= 11 is 0. The van der Waals surface area contributed by atoms with E-state index in [1.807, 2.05) is 13.8 Å². The topological polar surface area (TPSA) is 144 Å². The van der Waals surface area contributed by atoms with E-state index in [2.05, 4.69) is 27.4 Å². The largest absolute Gasteiger partial charge is 0.479 e. The Morgan fingerprint density at radius 3 is 2.79 bits per heavy atom. The van der Waals surface area contributed by atoms with Crippen molar-refractivity contribution in [1.29, 1.82) is 10.5 Å². The Kier molecular flexibility index (Phi) is 7.06. The molecule has 4 heterocycles. The number of hydrogen-bond acceptors (Lipinski definition) is 8. The lowest BCUT2D eigenvalue weighted by molar-refractivity contribution is -0.577. The SMILES string of the molecule is CC(=NC1CCN(C#N)CC1)/C(=N\N)c1cc(OC(C)c2cncc3cc(F)ccc23)c2c(C#N)c[nH][n+]2c1. The van der Waals surface area contributed by atoms with Crippen LogP contribution >= 0.6 is 0 Å². The lowest BCUT2D eigenvalue weighted by Gasteiger charge is -2.26. The van der Waals surface area contributed by atoms with Crippen LogP contribution in [0.5, 0.6) is 5.75 Å². The molecule has 39 heavy (non-hydrogen) atoms. The molecule has 3 aromatic heterocycles. The molecule has 0 bridgehead atoms. The van der Waals surface area contributed by atoms with Crippen LogP contribution in [0.15, 0.2) is 59.1 Å². The zero-order valence-corrected chi connectivity index (χ0v) is 21.6. The molecule has 1 aromatic carbocycles. The van der Waals surface area contributed by atoms with E-state index in [0.717, 1.165) is 23.8 Å². The smallest absolute Gasteiger partial charge is 0.296 e. The zero-order valence-electron chi connectivity index (χ0n) is 21.6. The molecule has 1 unspecified atom stereocenters. The Labute approximate surface area is 224 Å². The van der Waals surface area contributed by atoms with Crippen LogP contribution in [0.3, 0.4) is 0 Å². The molecule has 1 saturated heterocycles. The number of rotatable bonds is 6. The van der Waals surface area contributed by atoms with Crippen LogP contribution in [0, 0.1) is 28.6 Å². The van der Waals surface area contributed by atoms with Crippen LogP contribution in [-0.2, 0) is 0 Å². The molecule has 5 rings (SSSR count). The number of aromatic nitrogens is 3. The van der Waals surface area contributed by atoms with Crippen molar-refractivity contribution in [3.63, 3.8) is 0 Å². The van der Waals surface area contributed by atoms with Crippen LogP contribution in [0.25, 0.3) is 16.3 Å². The van der Waals surface area contributed by atoms with Crippen LogP contribution in [0.1, 0.15) is 49.5 Å². The van der Waals surface area contributed by atoms with Crippen molar-refractivity contribution in [2.45, 2.75) is 38.8 Å². The highest BCUT2D eigenvalue weighted by Gasteiger charge is 2.26. The van der Waals surface area contributed by atoms with Gasteiger partial charge in [0, 0.05) is 42.5 Å². The van der Waals surface area contributed by atoms with Crippen LogP contribution in [0.4, 0.5) is 4.39 Å². The minimum absolute atomic E-state index is 0.0675. The van der Waals surface area contributed by atoms with Gasteiger partial charge in [0.15, 0.2) is 17.5 Å². The van der Waals surface area contributed by atoms with Gasteiger partial charge in [-0.3, -0.25) is 9.98 Å². The maximum atomic E-state index is 13.8. The predicted molar refractivity (Wildman–Crippen MR) is 143 cm³/mol. The number of nitriles is 2. The van der Waals surface area contributed by atoms with Gasteiger partial charge in [-0.2, -0.15) is 20.7 Å². The summed E-state index contributed by atoms with van der Waals surface area (Å²) in [5.74, 6) is 5.95. The Morgan fingerprint density at radius 2 is 2.08 bits per heavy atom. The maximum Gasteiger partial charge on any atom is 0.296 e. The molecule has 3 N–H and O–H groups in total. The molecule has 1 aliphatic heterocycles. The normalized spacial score (nSPS) is 15.8. The van der Waals surface area contributed by atoms with E-state index in [-0.39, 0.29) is 11.9 Å². The van der Waals surface area contributed by atoms with Crippen molar-refractivity contribution < 1.29 is 13.6 Å². The summed E-state index contributed by atoms with van der Waals surface area (Å²) in [6.45, 7) is 5.07. The van der Waals surface area contributed by atoms with Crippen molar-refractivity contribution in [1.82, 2.24) is 15.0 Å². The van der Waals surface area contributed by atoms with Crippen molar-refractivity contribution in [2.75, 3.05) is 13.1 Å². The molecular weight excluding hydrogens is 497 g/mol. The second kappa shape index (κ2) is 10.8. The average Bonchev–Trinajstić information content (AvgIpc) is 3.37. The number of aliphatic imine (C=N–C) groups is 1. The van der Waals surface area contributed by atoms with Gasteiger partial charge < -0.3 is 15.5 Å². The van der Waals surface area contributed by atoms with Gasteiger partial charge in [-0.1, -0.05) is 10.6 Å². The summed E-state index contributed by atoms with van der Waals surface area (Å²) in [4.78, 5) is 10.9. The maximum absolute atomic E-state index is 13.8. The second-order valence-electron chi connectivity index (χ2n) is 9.48. The van der Waals surface area contributed by atoms with Crippen molar-refractivity contribution in [2.24, 2.45) is 15.9 Å². The lowest BCUT2D eigenvalue weighted by atomic mass is 10.0. The first-order valence-electron chi connectivity index (χ1n) is 12.6. The second-order valence-corrected chi connectivity index (χ2v) is 9.48. The van der Waals surface area contributed by atoms with E-state index in [4.69, 9.17) is 20.8 Å². The summed E-state index contributed by atoms with van der Waals surface area (Å²) in [5.41, 5.74) is 3.54. The number of pyridine rings is 2. The number of nitrogens with zero attached hydrogens (tertiary/aromatic N) is 7. The van der Waals surface area contributed by atoms with Crippen LogP contribution < -0.4 is 15.1 Å². The van der Waals surface area contributed by atoms with Crippen LogP contribution in [-0.4, -0.2) is 45.5 Å². The Bertz CT molecular complexity index is 1690. The molecule has 1 fully saturated rings. The summed E-state index contributed by atoms with van der Waals surface area (Å²) in [7, 11) is 0. The number of likely N-dealkylation sites (tertiary alicyclic amines) is 1. The van der Waals surface area contributed by atoms with Gasteiger partial charge >= 0.3 is 0 Å². The molecule has 196 valence electrons. The van der Waals surface area contributed by atoms with E-state index in [9.17, 15) is 9.65 Å². The number of piperidine rings is 1. The minimum Gasteiger partial charge on any atom is -0.479 e. The first-order chi connectivity index (χ1) is 18.9. The highest BCUT2D eigenvalue weighted by molar-refractivity contribution is 6.47. The summed E-state index contributed by atoms with van der Waals surface area (Å²) in [5, 5.41) is 27.4. The summed E-state index contributed by atoms with van der Waals surface area (Å²) < 4.78 is 21.9. The van der Waals surface area contributed by atoms with Gasteiger partial charge in [0.2, 0.25) is 6.20 Å². The Hall–Kier alpha value is -5.03. The quantitative estimate of drug-likeness (QED) is 0.130. The summed E-state index contributed by atoms with van der Waals surface area (Å²) in [6, 6.07) is 8.60. The first-order valence-corrected chi connectivity index (χ1v) is 12.6. The highest BCUT2D eigenvalue weighted by Crippen LogP contribution is 2.31. The molecule has 10 nitrogen and oxygen atoms in total. The fourth-order valence-corrected chi connectivity index (χ4v) is 5.00. The fraction of sp³-hybridized carbons (Fsp3) is 0.286. The highest BCUT2D eigenvalue weighted by atomic mass is 19.1. The third kappa shape index (κ3) is 5.07. The van der Waals surface area contributed by atoms with Crippen molar-refractivity contribution >= 4 is 27.7 Å². The Morgan fingerprint density at radius 1 is 1.28 bits per heavy atom. The van der Waals surface area contributed by atoms with Gasteiger partial charge in [-0.15, -0.1) is 0 Å². The van der Waals surface area contributed by atoms with Gasteiger partial charge in [-0.25, -0.2) is 4.39 Å².